The summed E-state index contributed by atoms with van der Waals surface area (Å²) in [5, 5.41) is 3.20. The molecule has 32 heavy (non-hydrogen) atoms. The lowest BCUT2D eigenvalue weighted by Crippen LogP contribution is -2.34. The number of piperidine rings is 1. The summed E-state index contributed by atoms with van der Waals surface area (Å²) in [5.74, 6) is 1.92. The first-order chi connectivity index (χ1) is 15.4. The number of aromatic nitrogens is 3. The summed E-state index contributed by atoms with van der Waals surface area (Å²) >= 11 is 1.68. The molecule has 8 nitrogen and oxygen atoms in total. The fourth-order valence-electron chi connectivity index (χ4n) is 3.59. The molecule has 10 heteroatoms. The maximum atomic E-state index is 11.3. The van der Waals surface area contributed by atoms with E-state index in [0.717, 1.165) is 60.8 Å². The number of anilines is 2. The number of aryl methyl sites for hydroxylation is 1. The highest BCUT2D eigenvalue weighted by Gasteiger charge is 2.24. The number of thiazole rings is 1. The number of hydrogen-bond acceptors (Lipinski definition) is 8. The minimum atomic E-state index is -3.29. The van der Waals surface area contributed by atoms with E-state index in [0.29, 0.717) is 24.0 Å². The molecule has 0 unspecified atom stereocenters. The van der Waals surface area contributed by atoms with E-state index in [2.05, 4.69) is 26.5 Å². The van der Waals surface area contributed by atoms with Gasteiger partial charge < -0.3 is 9.64 Å². The van der Waals surface area contributed by atoms with Crippen LogP contribution in [-0.4, -0.2) is 42.7 Å². The van der Waals surface area contributed by atoms with Gasteiger partial charge >= 0.3 is 0 Å². The highest BCUT2D eigenvalue weighted by molar-refractivity contribution is 7.92. The predicted octanol–water partition coefficient (Wildman–Crippen LogP) is 3.83. The van der Waals surface area contributed by atoms with Crippen molar-refractivity contribution < 1.29 is 13.2 Å². The highest BCUT2D eigenvalue weighted by Crippen LogP contribution is 2.31. The largest absolute Gasteiger partial charge is 0.487 e. The summed E-state index contributed by atoms with van der Waals surface area (Å²) in [7, 11) is -3.29. The first-order valence-electron chi connectivity index (χ1n) is 10.6. The molecule has 1 saturated heterocycles. The molecule has 0 atom stereocenters. The summed E-state index contributed by atoms with van der Waals surface area (Å²) in [6.45, 7) is 4.34. The van der Waals surface area contributed by atoms with Gasteiger partial charge in [-0.3, -0.25) is 4.72 Å². The molecule has 3 aromatic rings. The van der Waals surface area contributed by atoms with Gasteiger partial charge in [-0.1, -0.05) is 6.92 Å². The number of ether oxygens (including phenoxy) is 1. The molecule has 1 fully saturated rings. The number of nitrogens with zero attached hydrogens (tertiary/aromatic N) is 4. The molecule has 0 spiro atoms. The molecule has 0 radical (unpaired) electrons. The summed E-state index contributed by atoms with van der Waals surface area (Å²) in [6.07, 6.45) is 7.96. The van der Waals surface area contributed by atoms with Gasteiger partial charge in [0.1, 0.15) is 12.4 Å². The van der Waals surface area contributed by atoms with E-state index in [1.54, 1.807) is 35.6 Å². The SMILES string of the molecule is CCc1cnc(N2CCC(c3nc(COc4ccc(NS(C)(=O)=O)cc4)cs3)CC2)nc1. The lowest BCUT2D eigenvalue weighted by molar-refractivity contribution is 0.301. The molecule has 0 saturated carbocycles. The van der Waals surface area contributed by atoms with Crippen LogP contribution >= 0.6 is 11.3 Å². The monoisotopic (exact) mass is 473 g/mol. The van der Waals surface area contributed by atoms with Crippen LogP contribution in [0.4, 0.5) is 11.6 Å². The second-order valence-corrected chi connectivity index (χ2v) is 10.5. The Labute approximate surface area is 192 Å². The average molecular weight is 474 g/mol. The zero-order valence-electron chi connectivity index (χ0n) is 18.2. The molecule has 1 aromatic carbocycles. The van der Waals surface area contributed by atoms with Gasteiger partial charge in [0.15, 0.2) is 0 Å². The minimum absolute atomic E-state index is 0.381. The van der Waals surface area contributed by atoms with Gasteiger partial charge in [0.25, 0.3) is 0 Å². The molecular formula is C22H27N5O3S2. The van der Waals surface area contributed by atoms with E-state index in [1.165, 1.54) is 0 Å². The van der Waals surface area contributed by atoms with Crippen molar-refractivity contribution in [2.75, 3.05) is 29.0 Å². The van der Waals surface area contributed by atoms with Crippen LogP contribution in [0, 0.1) is 0 Å². The third-order valence-corrected chi connectivity index (χ3v) is 7.00. The Morgan fingerprint density at radius 1 is 1.16 bits per heavy atom. The van der Waals surface area contributed by atoms with Crippen LogP contribution < -0.4 is 14.4 Å². The number of rotatable bonds is 8. The van der Waals surface area contributed by atoms with Crippen LogP contribution in [0.15, 0.2) is 42.0 Å². The van der Waals surface area contributed by atoms with E-state index >= 15 is 0 Å². The van der Waals surface area contributed by atoms with E-state index in [4.69, 9.17) is 9.72 Å². The number of hydrogen-bond donors (Lipinski definition) is 1. The van der Waals surface area contributed by atoms with Gasteiger partial charge in [-0.05, 0) is 49.1 Å². The highest BCUT2D eigenvalue weighted by atomic mass is 32.2. The van der Waals surface area contributed by atoms with E-state index < -0.39 is 10.0 Å². The van der Waals surface area contributed by atoms with Crippen molar-refractivity contribution in [3.05, 3.63) is 58.3 Å². The molecule has 0 amide bonds. The quantitative estimate of drug-likeness (QED) is 0.531. The first-order valence-corrected chi connectivity index (χ1v) is 13.4. The van der Waals surface area contributed by atoms with Gasteiger partial charge in [-0.25, -0.2) is 23.4 Å². The lowest BCUT2D eigenvalue weighted by atomic mass is 9.98. The fourth-order valence-corrected chi connectivity index (χ4v) is 5.13. The Kier molecular flexibility index (Phi) is 6.90. The smallest absolute Gasteiger partial charge is 0.229 e. The third kappa shape index (κ3) is 5.95. The number of sulfonamides is 1. The van der Waals surface area contributed by atoms with Crippen molar-refractivity contribution >= 4 is 33.0 Å². The Morgan fingerprint density at radius 3 is 2.47 bits per heavy atom. The zero-order chi connectivity index (χ0) is 22.6. The molecule has 4 rings (SSSR count). The average Bonchev–Trinajstić information content (AvgIpc) is 3.27. The van der Waals surface area contributed by atoms with Crippen molar-refractivity contribution in [3.63, 3.8) is 0 Å². The first kappa shape index (κ1) is 22.5. The lowest BCUT2D eigenvalue weighted by Gasteiger charge is -2.31. The maximum absolute atomic E-state index is 11.3. The van der Waals surface area contributed by atoms with Gasteiger partial charge in [0.2, 0.25) is 16.0 Å². The van der Waals surface area contributed by atoms with Crippen LogP contribution in [0.2, 0.25) is 0 Å². The summed E-state index contributed by atoms with van der Waals surface area (Å²) in [5.41, 5.74) is 2.57. The molecular weight excluding hydrogens is 446 g/mol. The molecule has 170 valence electrons. The standard InChI is InChI=1S/C22H27N5O3S2/c1-3-16-12-23-22(24-13-16)27-10-8-17(9-11-27)21-25-19(15-31-21)14-30-20-6-4-18(5-7-20)26-32(2,28)29/h4-7,12-13,15,17,26H,3,8-11,14H2,1-2H3. The van der Waals surface area contributed by atoms with Crippen molar-refractivity contribution in [2.24, 2.45) is 0 Å². The van der Waals surface area contributed by atoms with Gasteiger partial charge in [0.05, 0.1) is 17.0 Å². The van der Waals surface area contributed by atoms with Crippen LogP contribution in [0.3, 0.4) is 0 Å². The molecule has 3 heterocycles. The molecule has 1 aliphatic heterocycles. The molecule has 1 aliphatic rings. The zero-order valence-corrected chi connectivity index (χ0v) is 19.8. The normalized spacial score (nSPS) is 15.0. The Balaban J connectivity index is 1.27. The number of benzene rings is 1. The molecule has 1 N–H and O–H groups in total. The van der Waals surface area contributed by atoms with E-state index in [1.807, 2.05) is 17.8 Å². The van der Waals surface area contributed by atoms with Crippen molar-refractivity contribution in [2.45, 2.75) is 38.7 Å². The van der Waals surface area contributed by atoms with Crippen molar-refractivity contribution in [1.82, 2.24) is 15.0 Å². The summed E-state index contributed by atoms with van der Waals surface area (Å²) in [4.78, 5) is 16.0. The van der Waals surface area contributed by atoms with Gasteiger partial charge in [-0.15, -0.1) is 11.3 Å². The Morgan fingerprint density at radius 2 is 1.84 bits per heavy atom. The summed E-state index contributed by atoms with van der Waals surface area (Å²) < 4.78 is 30.8. The van der Waals surface area contributed by atoms with Crippen molar-refractivity contribution in [3.8, 4) is 5.75 Å². The van der Waals surface area contributed by atoms with Gasteiger partial charge in [-0.2, -0.15) is 0 Å². The second-order valence-electron chi connectivity index (χ2n) is 7.87. The topological polar surface area (TPSA) is 97.3 Å². The van der Waals surface area contributed by atoms with Crippen LogP contribution in [0.5, 0.6) is 5.75 Å². The third-order valence-electron chi connectivity index (χ3n) is 5.34. The maximum Gasteiger partial charge on any atom is 0.229 e. The Bertz CT molecular complexity index is 1120. The minimum Gasteiger partial charge on any atom is -0.487 e. The predicted molar refractivity (Wildman–Crippen MR) is 127 cm³/mol. The summed E-state index contributed by atoms with van der Waals surface area (Å²) in [6, 6.07) is 6.84. The number of nitrogens with one attached hydrogen (secondary N) is 1. The van der Waals surface area contributed by atoms with Crippen LogP contribution in [0.25, 0.3) is 0 Å². The van der Waals surface area contributed by atoms with Crippen LogP contribution in [0.1, 0.15) is 41.9 Å². The fraction of sp³-hybridized carbons (Fsp3) is 0.409. The van der Waals surface area contributed by atoms with Crippen molar-refractivity contribution in [1.29, 1.82) is 0 Å². The molecule has 2 aromatic heterocycles. The van der Waals surface area contributed by atoms with E-state index in [9.17, 15) is 8.42 Å². The second kappa shape index (κ2) is 9.83. The van der Waals surface area contributed by atoms with Crippen LogP contribution in [-0.2, 0) is 23.1 Å². The van der Waals surface area contributed by atoms with Gasteiger partial charge in [0, 0.05) is 42.5 Å². The molecule has 0 aliphatic carbocycles. The Hall–Kier alpha value is -2.72. The molecule has 0 bridgehead atoms. The van der Waals surface area contributed by atoms with E-state index in [-0.39, 0.29) is 0 Å².